The van der Waals surface area contributed by atoms with E-state index >= 15 is 0 Å². The zero-order chi connectivity index (χ0) is 11.4. The van der Waals surface area contributed by atoms with Gasteiger partial charge in [0.1, 0.15) is 0 Å². The molecule has 0 amide bonds. The van der Waals surface area contributed by atoms with Crippen LogP contribution in [-0.4, -0.2) is 28.3 Å². The van der Waals surface area contributed by atoms with Gasteiger partial charge < -0.3 is 5.32 Å². The number of nitrogens with one attached hydrogen (secondary N) is 1. The van der Waals surface area contributed by atoms with Crippen molar-refractivity contribution >= 4 is 11.8 Å². The molecule has 3 nitrogen and oxygen atoms in total. The van der Waals surface area contributed by atoms with Crippen molar-refractivity contribution < 1.29 is 0 Å². The second-order valence-corrected chi connectivity index (χ2v) is 5.18. The molecule has 1 N–H and O–H groups in total. The Morgan fingerprint density at radius 1 is 1.50 bits per heavy atom. The molecule has 16 heavy (non-hydrogen) atoms. The molecular weight excluding hydrogens is 218 g/mol. The van der Waals surface area contributed by atoms with Crippen LogP contribution in [0.15, 0.2) is 29.7 Å². The van der Waals surface area contributed by atoms with Gasteiger partial charge in [-0.3, -0.25) is 0 Å². The Morgan fingerprint density at radius 2 is 2.19 bits per heavy atom. The smallest absolute Gasteiger partial charge is 0.187 e. The Hall–Kier alpha value is -0.870. The van der Waals surface area contributed by atoms with E-state index in [-0.39, 0.29) is 0 Å². The third-order valence-corrected chi connectivity index (χ3v) is 3.40. The van der Waals surface area contributed by atoms with Crippen LogP contribution >= 0.6 is 11.8 Å². The van der Waals surface area contributed by atoms with Crippen molar-refractivity contribution in [2.75, 3.05) is 12.3 Å². The minimum atomic E-state index is 0.748. The van der Waals surface area contributed by atoms with Crippen molar-refractivity contribution in [1.29, 1.82) is 0 Å². The Morgan fingerprint density at radius 3 is 2.81 bits per heavy atom. The van der Waals surface area contributed by atoms with Gasteiger partial charge in [0.2, 0.25) is 0 Å². The highest BCUT2D eigenvalue weighted by molar-refractivity contribution is 7.99. The van der Waals surface area contributed by atoms with Crippen molar-refractivity contribution in [2.24, 2.45) is 0 Å². The van der Waals surface area contributed by atoms with Crippen LogP contribution in [0.3, 0.4) is 0 Å². The molecule has 0 saturated heterocycles. The van der Waals surface area contributed by atoms with Gasteiger partial charge in [-0.1, -0.05) is 23.9 Å². The average Bonchev–Trinajstić information content (AvgIpc) is 3.09. The van der Waals surface area contributed by atoms with Crippen LogP contribution in [0.25, 0.3) is 0 Å². The van der Waals surface area contributed by atoms with Crippen LogP contribution < -0.4 is 5.32 Å². The molecule has 1 aromatic rings. The number of nitrogens with zero attached hydrogens (tertiary/aromatic N) is 2. The van der Waals surface area contributed by atoms with E-state index in [1.807, 2.05) is 19.3 Å². The van der Waals surface area contributed by atoms with Crippen LogP contribution in [0, 0.1) is 6.92 Å². The van der Waals surface area contributed by atoms with Crippen molar-refractivity contribution in [3.63, 3.8) is 0 Å². The second-order valence-electron chi connectivity index (χ2n) is 4.24. The maximum absolute atomic E-state index is 4.25. The lowest BCUT2D eigenvalue weighted by Gasteiger charge is -2.05. The van der Waals surface area contributed by atoms with Gasteiger partial charge in [0.25, 0.3) is 0 Å². The van der Waals surface area contributed by atoms with Crippen LogP contribution in [0.2, 0.25) is 0 Å². The van der Waals surface area contributed by atoms with E-state index in [0.29, 0.717) is 0 Å². The summed E-state index contributed by atoms with van der Waals surface area (Å²) >= 11 is 1.65. The van der Waals surface area contributed by atoms with E-state index in [4.69, 9.17) is 0 Å². The molecule has 2 rings (SSSR count). The normalized spacial score (nSPS) is 15.1. The molecule has 0 aliphatic heterocycles. The lowest BCUT2D eigenvalue weighted by Crippen LogP contribution is -2.19. The Kier molecular flexibility index (Phi) is 3.96. The first-order valence-electron chi connectivity index (χ1n) is 5.55. The standard InChI is InChI=1S/C12H17N3S/c1-9-5-14-12(15-6-9)16-8-10(2)7-13-11-3-4-11/h5-6,11,13H,2-4,7-8H2,1H3. The Bertz CT molecular complexity index is 357. The predicted molar refractivity (Wildman–Crippen MR) is 67.7 cm³/mol. The summed E-state index contributed by atoms with van der Waals surface area (Å²) in [5.74, 6) is 0.892. The largest absolute Gasteiger partial charge is 0.310 e. The average molecular weight is 235 g/mol. The highest BCUT2D eigenvalue weighted by Gasteiger charge is 2.19. The fraction of sp³-hybridized carbons (Fsp3) is 0.500. The summed E-state index contributed by atoms with van der Waals surface area (Å²) in [5.41, 5.74) is 2.31. The number of thioether (sulfide) groups is 1. The third kappa shape index (κ3) is 3.94. The summed E-state index contributed by atoms with van der Waals surface area (Å²) in [6.45, 7) is 6.96. The summed E-state index contributed by atoms with van der Waals surface area (Å²) in [7, 11) is 0. The third-order valence-electron chi connectivity index (χ3n) is 2.38. The number of hydrogen-bond acceptors (Lipinski definition) is 4. The predicted octanol–water partition coefficient (Wildman–Crippen LogP) is 2.19. The fourth-order valence-corrected chi connectivity index (χ4v) is 1.94. The summed E-state index contributed by atoms with van der Waals surface area (Å²) in [5, 5.41) is 4.28. The number of aryl methyl sites for hydroxylation is 1. The van der Waals surface area contributed by atoms with Gasteiger partial charge in [-0.2, -0.15) is 0 Å². The summed E-state index contributed by atoms with van der Waals surface area (Å²) in [4.78, 5) is 8.50. The van der Waals surface area contributed by atoms with Crippen molar-refractivity contribution in [3.8, 4) is 0 Å². The maximum atomic E-state index is 4.25. The topological polar surface area (TPSA) is 37.8 Å². The van der Waals surface area contributed by atoms with E-state index in [1.54, 1.807) is 11.8 Å². The highest BCUT2D eigenvalue weighted by Crippen LogP contribution is 2.19. The Labute approximate surface area is 101 Å². The molecule has 1 aliphatic carbocycles. The molecule has 1 aliphatic rings. The summed E-state index contributed by atoms with van der Waals surface area (Å²) in [6, 6.07) is 0.748. The molecule has 4 heteroatoms. The van der Waals surface area contributed by atoms with E-state index in [0.717, 1.165) is 29.1 Å². The van der Waals surface area contributed by atoms with Crippen LogP contribution in [0.5, 0.6) is 0 Å². The molecule has 1 heterocycles. The second kappa shape index (κ2) is 5.46. The fourth-order valence-electron chi connectivity index (χ4n) is 1.25. The number of aromatic nitrogens is 2. The molecule has 0 aromatic carbocycles. The van der Waals surface area contributed by atoms with Gasteiger partial charge >= 0.3 is 0 Å². The van der Waals surface area contributed by atoms with E-state index < -0.39 is 0 Å². The highest BCUT2D eigenvalue weighted by atomic mass is 32.2. The first-order valence-corrected chi connectivity index (χ1v) is 6.54. The summed E-state index contributed by atoms with van der Waals surface area (Å²) < 4.78 is 0. The van der Waals surface area contributed by atoms with E-state index in [2.05, 4.69) is 21.9 Å². The Balaban J connectivity index is 1.69. The molecule has 0 atom stereocenters. The van der Waals surface area contributed by atoms with Crippen molar-refractivity contribution in [3.05, 3.63) is 30.1 Å². The molecule has 0 spiro atoms. The van der Waals surface area contributed by atoms with Gasteiger partial charge in [-0.15, -0.1) is 0 Å². The zero-order valence-corrected chi connectivity index (χ0v) is 10.4. The number of hydrogen-bond donors (Lipinski definition) is 1. The lowest BCUT2D eigenvalue weighted by molar-refractivity contribution is 0.736. The van der Waals surface area contributed by atoms with Gasteiger partial charge in [-0.05, 0) is 25.3 Å². The minimum Gasteiger partial charge on any atom is -0.310 e. The van der Waals surface area contributed by atoms with Crippen LogP contribution in [0.4, 0.5) is 0 Å². The molecule has 1 fully saturated rings. The quantitative estimate of drug-likeness (QED) is 0.466. The molecule has 0 unspecified atom stereocenters. The molecule has 86 valence electrons. The van der Waals surface area contributed by atoms with E-state index in [1.165, 1.54) is 18.4 Å². The van der Waals surface area contributed by atoms with Gasteiger partial charge in [0.15, 0.2) is 5.16 Å². The van der Waals surface area contributed by atoms with Crippen LogP contribution in [-0.2, 0) is 0 Å². The first kappa shape index (κ1) is 11.6. The molecular formula is C12H17N3S. The zero-order valence-electron chi connectivity index (χ0n) is 9.57. The van der Waals surface area contributed by atoms with Crippen molar-refractivity contribution in [2.45, 2.75) is 31.0 Å². The molecule has 1 aromatic heterocycles. The molecule has 1 saturated carbocycles. The minimum absolute atomic E-state index is 0.748. The SMILES string of the molecule is C=C(CNC1CC1)CSc1ncc(C)cn1. The van der Waals surface area contributed by atoms with Crippen molar-refractivity contribution in [1.82, 2.24) is 15.3 Å². The lowest BCUT2D eigenvalue weighted by atomic mass is 10.3. The monoisotopic (exact) mass is 235 g/mol. The maximum Gasteiger partial charge on any atom is 0.187 e. The number of rotatable bonds is 6. The molecule has 0 radical (unpaired) electrons. The van der Waals surface area contributed by atoms with Gasteiger partial charge in [0.05, 0.1) is 0 Å². The van der Waals surface area contributed by atoms with Crippen LogP contribution in [0.1, 0.15) is 18.4 Å². The van der Waals surface area contributed by atoms with Gasteiger partial charge in [0, 0.05) is 30.7 Å². The van der Waals surface area contributed by atoms with Gasteiger partial charge in [-0.25, -0.2) is 9.97 Å². The van der Waals surface area contributed by atoms with E-state index in [9.17, 15) is 0 Å². The molecule has 0 bridgehead atoms. The summed E-state index contributed by atoms with van der Waals surface area (Å²) in [6.07, 6.45) is 6.34. The first-order chi connectivity index (χ1) is 7.74.